The molecule has 10 nitrogen and oxygen atoms in total. The molecule has 0 spiro atoms. The van der Waals surface area contributed by atoms with Crippen LogP contribution in [-0.4, -0.2) is 54.0 Å². The van der Waals surface area contributed by atoms with E-state index < -0.39 is 4.92 Å². The van der Waals surface area contributed by atoms with Crippen molar-refractivity contribution in [3.8, 4) is 11.8 Å². The normalized spacial score (nSPS) is 13.6. The molecule has 4 rings (SSSR count). The van der Waals surface area contributed by atoms with Crippen LogP contribution in [0.4, 0.5) is 11.6 Å². The molecule has 1 saturated heterocycles. The fourth-order valence-electron chi connectivity index (χ4n) is 3.70. The highest BCUT2D eigenvalue weighted by Gasteiger charge is 2.27. The van der Waals surface area contributed by atoms with E-state index >= 15 is 0 Å². The maximum atomic E-state index is 12.9. The number of aromatic nitrogens is 1. The van der Waals surface area contributed by atoms with Gasteiger partial charge in [0.25, 0.3) is 11.6 Å². The summed E-state index contributed by atoms with van der Waals surface area (Å²) in [7, 11) is 1.53. The Hall–Kier alpha value is -4.65. The lowest BCUT2D eigenvalue weighted by Crippen LogP contribution is -2.49. The van der Waals surface area contributed by atoms with Crippen molar-refractivity contribution in [2.75, 3.05) is 38.2 Å². The number of nitro groups is 1. The van der Waals surface area contributed by atoms with Crippen molar-refractivity contribution in [1.29, 1.82) is 5.26 Å². The van der Waals surface area contributed by atoms with Crippen molar-refractivity contribution in [2.24, 2.45) is 0 Å². The molecular formula is C24H21N5O5. The number of ether oxygens (including phenoxy) is 1. The number of carbonyl (C=O) groups excluding carboxylic acids is 1. The predicted molar refractivity (Wildman–Crippen MR) is 124 cm³/mol. The minimum absolute atomic E-state index is 0.0199. The van der Waals surface area contributed by atoms with Crippen LogP contribution in [0.25, 0.3) is 12.2 Å². The van der Waals surface area contributed by atoms with Crippen LogP contribution < -0.4 is 9.64 Å². The zero-order valence-corrected chi connectivity index (χ0v) is 18.4. The van der Waals surface area contributed by atoms with Crippen LogP contribution in [0.2, 0.25) is 0 Å². The third kappa shape index (κ3) is 4.73. The Morgan fingerprint density at radius 3 is 2.65 bits per heavy atom. The Kier molecular flexibility index (Phi) is 6.54. The topological polar surface area (TPSA) is 126 Å². The SMILES string of the molecule is COc1ccccc1C(=O)N1CCN(c2oc(/C=C/c3cccc([N+](=O)[O-])c3)nc2C#N)CC1. The first-order valence-electron chi connectivity index (χ1n) is 10.5. The fourth-order valence-corrected chi connectivity index (χ4v) is 3.70. The number of hydrogen-bond acceptors (Lipinski definition) is 8. The molecule has 0 radical (unpaired) electrons. The minimum atomic E-state index is -0.466. The average molecular weight is 459 g/mol. The summed E-state index contributed by atoms with van der Waals surface area (Å²) in [5.41, 5.74) is 1.23. The van der Waals surface area contributed by atoms with Crippen molar-refractivity contribution in [1.82, 2.24) is 9.88 Å². The van der Waals surface area contributed by atoms with Gasteiger partial charge in [-0.3, -0.25) is 14.9 Å². The second-order valence-electron chi connectivity index (χ2n) is 7.48. The standard InChI is InChI=1S/C24H21N5O5/c1-33-21-8-3-2-7-19(21)23(30)27-11-13-28(14-12-27)24-20(16-25)26-22(34-24)10-9-17-5-4-6-18(15-17)29(31)32/h2-10,15H,11-14H2,1H3/b10-9+. The highest BCUT2D eigenvalue weighted by Crippen LogP contribution is 2.26. The number of piperazine rings is 1. The van der Waals surface area contributed by atoms with E-state index in [4.69, 9.17) is 9.15 Å². The second kappa shape index (κ2) is 9.87. The number of para-hydroxylation sites is 1. The van der Waals surface area contributed by atoms with Gasteiger partial charge < -0.3 is 19.0 Å². The van der Waals surface area contributed by atoms with E-state index in [2.05, 4.69) is 4.98 Å². The van der Waals surface area contributed by atoms with Crippen LogP contribution in [0, 0.1) is 21.4 Å². The number of carbonyl (C=O) groups is 1. The number of methoxy groups -OCH3 is 1. The first-order chi connectivity index (χ1) is 16.5. The summed E-state index contributed by atoms with van der Waals surface area (Å²) in [6.45, 7) is 1.83. The highest BCUT2D eigenvalue weighted by molar-refractivity contribution is 5.97. The maximum Gasteiger partial charge on any atom is 0.270 e. The largest absolute Gasteiger partial charge is 0.496 e. The van der Waals surface area contributed by atoms with E-state index in [0.717, 1.165) is 0 Å². The van der Waals surface area contributed by atoms with Crippen LogP contribution >= 0.6 is 0 Å². The third-order valence-corrected chi connectivity index (χ3v) is 5.42. The highest BCUT2D eigenvalue weighted by atomic mass is 16.6. The van der Waals surface area contributed by atoms with Crippen molar-refractivity contribution < 1.29 is 18.9 Å². The average Bonchev–Trinajstić information content (AvgIpc) is 3.30. The predicted octanol–water partition coefficient (Wildman–Crippen LogP) is 3.60. The smallest absolute Gasteiger partial charge is 0.270 e. The molecular weight excluding hydrogens is 438 g/mol. The molecule has 1 amide bonds. The van der Waals surface area contributed by atoms with Crippen molar-refractivity contribution in [3.63, 3.8) is 0 Å². The molecule has 2 heterocycles. The molecule has 1 aliphatic rings. The molecule has 3 aromatic rings. The zero-order chi connectivity index (χ0) is 24.1. The number of nitrogens with zero attached hydrogens (tertiary/aromatic N) is 5. The van der Waals surface area contributed by atoms with Gasteiger partial charge in [-0.2, -0.15) is 10.2 Å². The molecule has 34 heavy (non-hydrogen) atoms. The number of anilines is 1. The van der Waals surface area contributed by atoms with Gasteiger partial charge in [-0.05, 0) is 23.8 Å². The molecule has 10 heteroatoms. The molecule has 0 bridgehead atoms. The van der Waals surface area contributed by atoms with Gasteiger partial charge >= 0.3 is 0 Å². The number of benzene rings is 2. The number of nitriles is 1. The van der Waals surface area contributed by atoms with E-state index in [-0.39, 0.29) is 23.2 Å². The summed E-state index contributed by atoms with van der Waals surface area (Å²) in [6.07, 6.45) is 3.19. The van der Waals surface area contributed by atoms with Gasteiger partial charge in [0, 0.05) is 44.4 Å². The van der Waals surface area contributed by atoms with Crippen molar-refractivity contribution in [3.05, 3.63) is 81.4 Å². The van der Waals surface area contributed by atoms with Crippen LogP contribution in [0.15, 0.2) is 52.9 Å². The van der Waals surface area contributed by atoms with Gasteiger partial charge in [0.15, 0.2) is 0 Å². The van der Waals surface area contributed by atoms with Gasteiger partial charge in [0.05, 0.1) is 17.6 Å². The Labute approximate surface area is 195 Å². The van der Waals surface area contributed by atoms with Crippen LogP contribution in [0.1, 0.15) is 27.5 Å². The Balaban J connectivity index is 1.46. The summed E-state index contributed by atoms with van der Waals surface area (Å²) in [6, 6.07) is 15.3. The number of amides is 1. The number of hydrogen-bond donors (Lipinski definition) is 0. The third-order valence-electron chi connectivity index (χ3n) is 5.42. The molecule has 0 unspecified atom stereocenters. The van der Waals surface area contributed by atoms with E-state index in [9.17, 15) is 20.2 Å². The molecule has 0 saturated carbocycles. The first kappa shape index (κ1) is 22.5. The van der Waals surface area contributed by atoms with Gasteiger partial charge in [0.2, 0.25) is 17.5 Å². The molecule has 1 aromatic heterocycles. The molecule has 1 aliphatic heterocycles. The number of non-ortho nitro benzene ring substituents is 1. The number of nitro benzene ring substituents is 1. The monoisotopic (exact) mass is 459 g/mol. The molecule has 0 N–H and O–H groups in total. The number of oxazole rings is 1. The quantitative estimate of drug-likeness (QED) is 0.404. The summed E-state index contributed by atoms with van der Waals surface area (Å²) in [5.74, 6) is 0.962. The molecule has 0 aliphatic carbocycles. The molecule has 172 valence electrons. The number of rotatable bonds is 6. The van der Waals surface area contributed by atoms with Gasteiger partial charge in [-0.25, -0.2) is 0 Å². The minimum Gasteiger partial charge on any atom is -0.496 e. The summed E-state index contributed by atoms with van der Waals surface area (Å²) in [4.78, 5) is 31.2. The Morgan fingerprint density at radius 1 is 1.18 bits per heavy atom. The van der Waals surface area contributed by atoms with Crippen LogP contribution in [0.3, 0.4) is 0 Å². The lowest BCUT2D eigenvalue weighted by molar-refractivity contribution is -0.384. The lowest BCUT2D eigenvalue weighted by Gasteiger charge is -2.34. The van der Waals surface area contributed by atoms with Gasteiger partial charge in [-0.1, -0.05) is 24.3 Å². The Morgan fingerprint density at radius 2 is 1.94 bits per heavy atom. The molecule has 0 atom stereocenters. The van der Waals surface area contributed by atoms with E-state index in [1.165, 1.54) is 19.2 Å². The zero-order valence-electron chi connectivity index (χ0n) is 18.4. The summed E-state index contributed by atoms with van der Waals surface area (Å²) >= 11 is 0. The summed E-state index contributed by atoms with van der Waals surface area (Å²) < 4.78 is 11.1. The van der Waals surface area contributed by atoms with Gasteiger partial charge in [-0.15, -0.1) is 0 Å². The molecule has 2 aromatic carbocycles. The van der Waals surface area contributed by atoms with Crippen molar-refractivity contribution in [2.45, 2.75) is 0 Å². The van der Waals surface area contributed by atoms with Gasteiger partial charge in [0.1, 0.15) is 11.8 Å². The van der Waals surface area contributed by atoms with Crippen LogP contribution in [-0.2, 0) is 0 Å². The maximum absolute atomic E-state index is 12.9. The first-order valence-corrected chi connectivity index (χ1v) is 10.5. The van der Waals surface area contributed by atoms with E-state index in [1.54, 1.807) is 47.4 Å². The van der Waals surface area contributed by atoms with E-state index in [0.29, 0.717) is 48.9 Å². The van der Waals surface area contributed by atoms with Crippen molar-refractivity contribution >= 4 is 29.6 Å². The second-order valence-corrected chi connectivity index (χ2v) is 7.48. The fraction of sp³-hybridized carbons (Fsp3) is 0.208. The lowest BCUT2D eigenvalue weighted by atomic mass is 10.1. The van der Waals surface area contributed by atoms with E-state index in [1.807, 2.05) is 17.0 Å². The van der Waals surface area contributed by atoms with Crippen LogP contribution in [0.5, 0.6) is 5.75 Å². The summed E-state index contributed by atoms with van der Waals surface area (Å²) in [5, 5.41) is 20.5. The Bertz CT molecular complexity index is 1280. The molecule has 1 fully saturated rings.